The number of nitrogens with one attached hydrogen (secondary N) is 1. The van der Waals surface area contributed by atoms with Crippen molar-refractivity contribution < 1.29 is 4.79 Å². The molecule has 0 atom stereocenters. The summed E-state index contributed by atoms with van der Waals surface area (Å²) in [6, 6.07) is 6.70. The number of benzene rings is 1. The fourth-order valence-corrected chi connectivity index (χ4v) is 1.87. The summed E-state index contributed by atoms with van der Waals surface area (Å²) < 4.78 is 1.57. The molecule has 0 unspecified atom stereocenters. The first-order valence-electron chi connectivity index (χ1n) is 5.52. The van der Waals surface area contributed by atoms with Crippen molar-refractivity contribution in [3.05, 3.63) is 46.2 Å². The third kappa shape index (κ3) is 2.75. The van der Waals surface area contributed by atoms with Crippen LogP contribution in [0.3, 0.4) is 0 Å². The molecule has 0 fully saturated rings. The Kier molecular flexibility index (Phi) is 3.54. The molecule has 0 saturated carbocycles. The van der Waals surface area contributed by atoms with Gasteiger partial charge in [-0.15, -0.1) is 0 Å². The predicted octanol–water partition coefficient (Wildman–Crippen LogP) is 2.51. The van der Waals surface area contributed by atoms with E-state index in [2.05, 4.69) is 10.4 Å². The maximum absolute atomic E-state index is 12.1. The molecule has 5 nitrogen and oxygen atoms in total. The number of carbonyl (C=O) groups excluding carboxylic acids is 1. The van der Waals surface area contributed by atoms with E-state index in [1.54, 1.807) is 37.0 Å². The molecule has 0 aliphatic heterocycles. The number of aryl methyl sites for hydroxylation is 2. The summed E-state index contributed by atoms with van der Waals surface area (Å²) in [5.74, 6) is -0.303. The van der Waals surface area contributed by atoms with Crippen LogP contribution >= 0.6 is 11.6 Å². The molecule has 1 heterocycles. The van der Waals surface area contributed by atoms with Gasteiger partial charge in [-0.2, -0.15) is 10.4 Å². The molecule has 19 heavy (non-hydrogen) atoms. The fraction of sp³-hybridized carbons (Fsp3) is 0.154. The van der Waals surface area contributed by atoms with Crippen molar-refractivity contribution in [2.45, 2.75) is 6.92 Å². The van der Waals surface area contributed by atoms with Crippen LogP contribution in [0, 0.1) is 18.3 Å². The lowest BCUT2D eigenvalue weighted by Gasteiger charge is -2.06. The number of nitrogens with zero attached hydrogens (tertiary/aromatic N) is 3. The smallest absolute Gasteiger partial charge is 0.259 e. The minimum absolute atomic E-state index is 0.303. The quantitative estimate of drug-likeness (QED) is 0.915. The lowest BCUT2D eigenvalue weighted by atomic mass is 10.2. The highest BCUT2D eigenvalue weighted by Gasteiger charge is 2.14. The third-order valence-electron chi connectivity index (χ3n) is 2.60. The van der Waals surface area contributed by atoms with Crippen LogP contribution in [0.25, 0.3) is 0 Å². The van der Waals surface area contributed by atoms with Gasteiger partial charge in [0.1, 0.15) is 0 Å². The Morgan fingerprint density at radius 3 is 2.84 bits per heavy atom. The monoisotopic (exact) mass is 274 g/mol. The van der Waals surface area contributed by atoms with Crippen LogP contribution in [0.2, 0.25) is 5.02 Å². The van der Waals surface area contributed by atoms with Crippen molar-refractivity contribution in [2.24, 2.45) is 7.05 Å². The molecule has 1 aromatic carbocycles. The normalized spacial score (nSPS) is 10.0. The molecule has 1 aromatic heterocycles. The summed E-state index contributed by atoms with van der Waals surface area (Å²) in [6.07, 6.45) is 1.63. The molecular formula is C13H11ClN4O. The van der Waals surface area contributed by atoms with Crippen LogP contribution in [0.4, 0.5) is 5.69 Å². The van der Waals surface area contributed by atoms with Crippen molar-refractivity contribution in [3.63, 3.8) is 0 Å². The van der Waals surface area contributed by atoms with Crippen molar-refractivity contribution in [1.29, 1.82) is 5.26 Å². The molecule has 2 rings (SSSR count). The van der Waals surface area contributed by atoms with Gasteiger partial charge in [0.25, 0.3) is 5.91 Å². The summed E-state index contributed by atoms with van der Waals surface area (Å²) in [5.41, 5.74) is 1.95. The topological polar surface area (TPSA) is 70.7 Å². The van der Waals surface area contributed by atoms with Gasteiger partial charge in [-0.1, -0.05) is 11.6 Å². The van der Waals surface area contributed by atoms with E-state index in [0.717, 1.165) is 0 Å². The minimum atomic E-state index is -0.303. The molecule has 1 N–H and O–H groups in total. The van der Waals surface area contributed by atoms with E-state index in [0.29, 0.717) is 27.5 Å². The first-order chi connectivity index (χ1) is 9.01. The number of carbonyl (C=O) groups is 1. The molecule has 6 heteroatoms. The molecule has 0 bridgehead atoms. The zero-order chi connectivity index (χ0) is 14.0. The molecule has 0 saturated heterocycles. The second-order valence-electron chi connectivity index (χ2n) is 4.06. The minimum Gasteiger partial charge on any atom is -0.320 e. The highest BCUT2D eigenvalue weighted by Crippen LogP contribution is 2.23. The van der Waals surface area contributed by atoms with E-state index >= 15 is 0 Å². The summed E-state index contributed by atoms with van der Waals surface area (Å²) in [5, 5.41) is 16.0. The number of hydrogen-bond acceptors (Lipinski definition) is 3. The number of halogens is 1. The Morgan fingerprint density at radius 2 is 2.26 bits per heavy atom. The highest BCUT2D eigenvalue weighted by molar-refractivity contribution is 6.34. The number of hydrogen-bond donors (Lipinski definition) is 1. The summed E-state index contributed by atoms with van der Waals surface area (Å²) in [6.45, 7) is 1.75. The molecule has 96 valence electrons. The van der Waals surface area contributed by atoms with Gasteiger partial charge in [-0.05, 0) is 25.1 Å². The Bertz CT molecular complexity index is 684. The van der Waals surface area contributed by atoms with E-state index in [-0.39, 0.29) is 5.91 Å². The van der Waals surface area contributed by atoms with Crippen LogP contribution in [0.1, 0.15) is 21.6 Å². The molecule has 0 radical (unpaired) electrons. The van der Waals surface area contributed by atoms with E-state index in [1.807, 2.05) is 6.07 Å². The van der Waals surface area contributed by atoms with E-state index in [4.69, 9.17) is 16.9 Å². The molecule has 0 spiro atoms. The Balaban J connectivity index is 2.29. The standard InChI is InChI=1S/C13H11ClN4O/c1-8-10(7-18(2)17-8)13(19)16-12-5-9(6-15)3-4-11(12)14/h3-5,7H,1-2H3,(H,16,19). The van der Waals surface area contributed by atoms with Crippen molar-refractivity contribution >= 4 is 23.2 Å². The van der Waals surface area contributed by atoms with Crippen LogP contribution in [0.15, 0.2) is 24.4 Å². The summed E-state index contributed by atoms with van der Waals surface area (Å²) in [7, 11) is 1.74. The molecule has 0 aliphatic carbocycles. The van der Waals surface area contributed by atoms with Gasteiger partial charge in [0, 0.05) is 13.2 Å². The zero-order valence-electron chi connectivity index (χ0n) is 10.4. The Hall–Kier alpha value is -2.32. The van der Waals surface area contributed by atoms with Crippen molar-refractivity contribution in [2.75, 3.05) is 5.32 Å². The Morgan fingerprint density at radius 1 is 1.53 bits per heavy atom. The second kappa shape index (κ2) is 5.12. The van der Waals surface area contributed by atoms with Crippen LogP contribution in [0.5, 0.6) is 0 Å². The van der Waals surface area contributed by atoms with Crippen LogP contribution in [-0.2, 0) is 7.05 Å². The van der Waals surface area contributed by atoms with Crippen LogP contribution < -0.4 is 5.32 Å². The van der Waals surface area contributed by atoms with Crippen LogP contribution in [-0.4, -0.2) is 15.7 Å². The predicted molar refractivity (Wildman–Crippen MR) is 72.1 cm³/mol. The first kappa shape index (κ1) is 13.1. The molecular weight excluding hydrogens is 264 g/mol. The van der Waals surface area contributed by atoms with Gasteiger partial charge in [0.15, 0.2) is 0 Å². The number of aromatic nitrogens is 2. The summed E-state index contributed by atoms with van der Waals surface area (Å²) >= 11 is 5.98. The SMILES string of the molecule is Cc1nn(C)cc1C(=O)Nc1cc(C#N)ccc1Cl. The number of nitriles is 1. The van der Waals surface area contributed by atoms with E-state index < -0.39 is 0 Å². The van der Waals surface area contributed by atoms with E-state index in [9.17, 15) is 4.79 Å². The van der Waals surface area contributed by atoms with Gasteiger partial charge in [-0.3, -0.25) is 9.48 Å². The first-order valence-corrected chi connectivity index (χ1v) is 5.90. The van der Waals surface area contributed by atoms with Crippen molar-refractivity contribution in [3.8, 4) is 6.07 Å². The number of amides is 1. The maximum Gasteiger partial charge on any atom is 0.259 e. The molecule has 1 amide bonds. The number of anilines is 1. The molecule has 2 aromatic rings. The fourth-order valence-electron chi connectivity index (χ4n) is 1.70. The third-order valence-corrected chi connectivity index (χ3v) is 2.93. The van der Waals surface area contributed by atoms with Gasteiger partial charge in [0.05, 0.1) is 33.6 Å². The number of rotatable bonds is 2. The van der Waals surface area contributed by atoms with Gasteiger partial charge >= 0.3 is 0 Å². The van der Waals surface area contributed by atoms with Crippen molar-refractivity contribution in [1.82, 2.24) is 9.78 Å². The van der Waals surface area contributed by atoms with E-state index in [1.165, 1.54) is 6.07 Å². The largest absolute Gasteiger partial charge is 0.320 e. The van der Waals surface area contributed by atoms with Gasteiger partial charge < -0.3 is 5.32 Å². The van der Waals surface area contributed by atoms with Gasteiger partial charge in [0.2, 0.25) is 0 Å². The summed E-state index contributed by atoms with van der Waals surface area (Å²) in [4.78, 5) is 12.1. The molecule has 0 aliphatic rings. The lowest BCUT2D eigenvalue weighted by Crippen LogP contribution is -2.12. The second-order valence-corrected chi connectivity index (χ2v) is 4.47. The maximum atomic E-state index is 12.1. The average molecular weight is 275 g/mol. The lowest BCUT2D eigenvalue weighted by molar-refractivity contribution is 0.102. The highest BCUT2D eigenvalue weighted by atomic mass is 35.5. The average Bonchev–Trinajstić information content (AvgIpc) is 2.71. The Labute approximate surface area is 115 Å². The zero-order valence-corrected chi connectivity index (χ0v) is 11.2. The van der Waals surface area contributed by atoms with Gasteiger partial charge in [-0.25, -0.2) is 0 Å².